The average Bonchev–Trinajstić information content (AvgIpc) is 3.37. The van der Waals surface area contributed by atoms with Crippen LogP contribution in [-0.4, -0.2) is 74.5 Å². The molecule has 4 rings (SSSR count). The molecule has 0 bridgehead atoms. The lowest BCUT2D eigenvalue weighted by atomic mass is 10.2. The summed E-state index contributed by atoms with van der Waals surface area (Å²) >= 11 is 5.92. The zero-order valence-corrected chi connectivity index (χ0v) is 21.0. The second-order valence-electron chi connectivity index (χ2n) is 8.71. The van der Waals surface area contributed by atoms with Crippen LogP contribution in [0.4, 0.5) is 10.5 Å². The van der Waals surface area contributed by atoms with Crippen LogP contribution < -0.4 is 10.6 Å². The highest BCUT2D eigenvalue weighted by Crippen LogP contribution is 2.24. The van der Waals surface area contributed by atoms with Crippen LogP contribution in [0.1, 0.15) is 18.4 Å². The van der Waals surface area contributed by atoms with Gasteiger partial charge in [0.25, 0.3) is 0 Å². The first-order valence-corrected chi connectivity index (χ1v) is 13.3. The lowest BCUT2D eigenvalue weighted by Gasteiger charge is -2.39. The molecule has 2 atom stereocenters. The van der Waals surface area contributed by atoms with Crippen molar-refractivity contribution < 1.29 is 22.7 Å². The number of rotatable bonds is 6. The zero-order chi connectivity index (χ0) is 25.0. The third kappa shape index (κ3) is 6.13. The van der Waals surface area contributed by atoms with E-state index in [4.69, 9.17) is 16.3 Å². The van der Waals surface area contributed by atoms with Crippen molar-refractivity contribution in [2.24, 2.45) is 0 Å². The predicted molar refractivity (Wildman–Crippen MR) is 133 cm³/mol. The maximum absolute atomic E-state index is 13.4. The van der Waals surface area contributed by atoms with Gasteiger partial charge in [-0.25, -0.2) is 13.2 Å². The Morgan fingerprint density at radius 2 is 1.80 bits per heavy atom. The highest BCUT2D eigenvalue weighted by molar-refractivity contribution is 7.89. The van der Waals surface area contributed by atoms with E-state index >= 15 is 0 Å². The smallest absolute Gasteiger partial charge is 0.321 e. The topological polar surface area (TPSA) is 108 Å². The summed E-state index contributed by atoms with van der Waals surface area (Å²) in [5.74, 6) is -0.467. The Kier molecular flexibility index (Phi) is 7.95. The fourth-order valence-electron chi connectivity index (χ4n) is 4.17. The molecule has 2 aromatic carbocycles. The van der Waals surface area contributed by atoms with Crippen LogP contribution in [-0.2, 0) is 19.6 Å². The van der Waals surface area contributed by atoms with Gasteiger partial charge in [-0.2, -0.15) is 4.31 Å². The Morgan fingerprint density at radius 3 is 2.46 bits per heavy atom. The van der Waals surface area contributed by atoms with Gasteiger partial charge in [-0.05, 0) is 56.2 Å². The SMILES string of the molecule is Cc1ccc(NC(=O)N2CCN(S(=O)(=O)c3ccc(Cl)cc3)C(C(=O)NCC3CCCO3)C2)cc1. The average molecular weight is 521 g/mol. The maximum Gasteiger partial charge on any atom is 0.321 e. The van der Waals surface area contributed by atoms with Crippen LogP contribution in [0.25, 0.3) is 0 Å². The summed E-state index contributed by atoms with van der Waals surface area (Å²) in [5.41, 5.74) is 1.68. The standard InChI is InChI=1S/C24H29ClN4O5S/c1-17-4-8-19(9-5-17)27-24(31)28-12-13-29(35(32,33)21-10-6-18(25)7-11-21)22(16-28)23(30)26-15-20-3-2-14-34-20/h4-11,20,22H,2-3,12-16H2,1H3,(H,26,30)(H,27,31). The van der Waals surface area contributed by atoms with Gasteiger partial charge >= 0.3 is 6.03 Å². The number of aryl methyl sites for hydroxylation is 1. The molecule has 11 heteroatoms. The van der Waals surface area contributed by atoms with E-state index in [1.165, 1.54) is 29.2 Å². The van der Waals surface area contributed by atoms with Gasteiger partial charge in [-0.1, -0.05) is 29.3 Å². The molecule has 2 aliphatic heterocycles. The molecule has 0 saturated carbocycles. The molecule has 0 aliphatic carbocycles. The van der Waals surface area contributed by atoms with Gasteiger partial charge in [0.15, 0.2) is 0 Å². The Hall–Kier alpha value is -2.66. The number of urea groups is 1. The van der Waals surface area contributed by atoms with Crippen LogP contribution >= 0.6 is 11.6 Å². The number of hydrogen-bond donors (Lipinski definition) is 2. The van der Waals surface area contributed by atoms with E-state index in [1.807, 2.05) is 19.1 Å². The van der Waals surface area contributed by atoms with Crippen molar-refractivity contribution in [3.63, 3.8) is 0 Å². The number of hydrogen-bond acceptors (Lipinski definition) is 5. The number of carbonyl (C=O) groups excluding carboxylic acids is 2. The molecule has 2 unspecified atom stereocenters. The summed E-state index contributed by atoms with van der Waals surface area (Å²) in [6.45, 7) is 2.92. The minimum absolute atomic E-state index is 0.0235. The van der Waals surface area contributed by atoms with Crippen LogP contribution in [0.15, 0.2) is 53.4 Å². The molecule has 0 aromatic heterocycles. The van der Waals surface area contributed by atoms with Gasteiger partial charge < -0.3 is 20.3 Å². The van der Waals surface area contributed by atoms with Gasteiger partial charge in [-0.3, -0.25) is 4.79 Å². The minimum atomic E-state index is -4.00. The highest BCUT2D eigenvalue weighted by atomic mass is 35.5. The number of halogens is 1. The number of sulfonamides is 1. The molecule has 2 saturated heterocycles. The molecule has 35 heavy (non-hydrogen) atoms. The van der Waals surface area contributed by atoms with Crippen molar-refractivity contribution in [3.05, 3.63) is 59.1 Å². The summed E-state index contributed by atoms with van der Waals surface area (Å²) in [7, 11) is -4.00. The molecule has 0 radical (unpaired) electrons. The summed E-state index contributed by atoms with van der Waals surface area (Å²) in [6, 6.07) is 11.7. The number of carbonyl (C=O) groups is 2. The third-order valence-corrected chi connectivity index (χ3v) is 8.35. The van der Waals surface area contributed by atoms with Crippen molar-refractivity contribution in [1.29, 1.82) is 0 Å². The first-order valence-electron chi connectivity index (χ1n) is 11.5. The Balaban J connectivity index is 1.52. The van der Waals surface area contributed by atoms with Gasteiger partial charge in [-0.15, -0.1) is 0 Å². The van der Waals surface area contributed by atoms with E-state index in [9.17, 15) is 18.0 Å². The number of nitrogens with zero attached hydrogens (tertiary/aromatic N) is 2. The summed E-state index contributed by atoms with van der Waals surface area (Å²) < 4.78 is 33.6. The van der Waals surface area contributed by atoms with Crippen molar-refractivity contribution in [2.75, 3.05) is 38.1 Å². The first kappa shape index (κ1) is 25.4. The van der Waals surface area contributed by atoms with Gasteiger partial charge in [0, 0.05) is 43.5 Å². The van der Waals surface area contributed by atoms with Crippen LogP contribution in [0.3, 0.4) is 0 Å². The van der Waals surface area contributed by atoms with E-state index < -0.39 is 28.0 Å². The van der Waals surface area contributed by atoms with Crippen LogP contribution in [0, 0.1) is 6.92 Å². The molecule has 2 aliphatic rings. The quantitative estimate of drug-likeness (QED) is 0.609. The molecule has 2 aromatic rings. The molecule has 2 fully saturated rings. The summed E-state index contributed by atoms with van der Waals surface area (Å²) in [5, 5.41) is 6.05. The lowest BCUT2D eigenvalue weighted by Crippen LogP contribution is -2.62. The Bertz CT molecular complexity index is 1150. The highest BCUT2D eigenvalue weighted by Gasteiger charge is 2.41. The van der Waals surface area contributed by atoms with Gasteiger partial charge in [0.1, 0.15) is 6.04 Å². The van der Waals surface area contributed by atoms with Crippen molar-refractivity contribution in [1.82, 2.24) is 14.5 Å². The second kappa shape index (κ2) is 10.9. The number of benzene rings is 2. The molecule has 9 nitrogen and oxygen atoms in total. The predicted octanol–water partition coefficient (Wildman–Crippen LogP) is 2.85. The number of nitrogens with one attached hydrogen (secondary N) is 2. The Morgan fingerprint density at radius 1 is 1.09 bits per heavy atom. The fraction of sp³-hybridized carbons (Fsp3) is 0.417. The molecular formula is C24H29ClN4O5S. The minimum Gasteiger partial charge on any atom is -0.376 e. The molecule has 2 N–H and O–H groups in total. The van der Waals surface area contributed by atoms with Gasteiger partial charge in [0.05, 0.1) is 11.0 Å². The van der Waals surface area contributed by atoms with E-state index in [1.54, 1.807) is 12.1 Å². The molecule has 3 amide bonds. The van der Waals surface area contributed by atoms with Crippen LogP contribution in [0.5, 0.6) is 0 Å². The second-order valence-corrected chi connectivity index (χ2v) is 11.0. The molecular weight excluding hydrogens is 492 g/mol. The summed E-state index contributed by atoms with van der Waals surface area (Å²) in [4.78, 5) is 27.6. The molecule has 2 heterocycles. The first-order chi connectivity index (χ1) is 16.7. The number of piperazine rings is 1. The number of amides is 3. The zero-order valence-electron chi connectivity index (χ0n) is 19.4. The fourth-order valence-corrected chi connectivity index (χ4v) is 5.87. The maximum atomic E-state index is 13.4. The normalized spacial score (nSPS) is 21.0. The van der Waals surface area contributed by atoms with Crippen molar-refractivity contribution in [2.45, 2.75) is 36.8 Å². The monoisotopic (exact) mass is 520 g/mol. The molecule has 0 spiro atoms. The number of ether oxygens (including phenoxy) is 1. The number of anilines is 1. The lowest BCUT2D eigenvalue weighted by molar-refractivity contribution is -0.126. The van der Waals surface area contributed by atoms with E-state index in [2.05, 4.69) is 10.6 Å². The van der Waals surface area contributed by atoms with E-state index in [0.717, 1.165) is 22.7 Å². The Labute approximate surface area is 210 Å². The van der Waals surface area contributed by atoms with Gasteiger partial charge in [0.2, 0.25) is 15.9 Å². The van der Waals surface area contributed by atoms with Crippen LogP contribution in [0.2, 0.25) is 5.02 Å². The van der Waals surface area contributed by atoms with Crippen molar-refractivity contribution >= 4 is 39.2 Å². The molecule has 188 valence electrons. The van der Waals surface area contributed by atoms with E-state index in [-0.39, 0.29) is 30.6 Å². The van der Waals surface area contributed by atoms with Crippen molar-refractivity contribution in [3.8, 4) is 0 Å². The third-order valence-electron chi connectivity index (χ3n) is 6.17. The van der Waals surface area contributed by atoms with E-state index in [0.29, 0.717) is 23.9 Å². The largest absolute Gasteiger partial charge is 0.376 e. The summed E-state index contributed by atoms with van der Waals surface area (Å²) in [6.07, 6.45) is 1.67.